The van der Waals surface area contributed by atoms with E-state index in [-0.39, 0.29) is 18.4 Å². The first-order chi connectivity index (χ1) is 11.7. The lowest BCUT2D eigenvalue weighted by Gasteiger charge is -2.32. The minimum atomic E-state index is -0.0377. The average Bonchev–Trinajstić information content (AvgIpc) is 2.58. The summed E-state index contributed by atoms with van der Waals surface area (Å²) in [6.07, 6.45) is 3.60. The molecule has 1 aliphatic carbocycles. The minimum Gasteiger partial charge on any atom is -0.493 e. The van der Waals surface area contributed by atoms with E-state index in [1.165, 1.54) is 19.3 Å². The quantitative estimate of drug-likeness (QED) is 0.786. The lowest BCUT2D eigenvalue weighted by molar-refractivity contribution is 0.249. The Morgan fingerprint density at radius 2 is 1.64 bits per heavy atom. The van der Waals surface area contributed by atoms with E-state index >= 15 is 0 Å². The van der Waals surface area contributed by atoms with Crippen molar-refractivity contribution in [1.82, 2.24) is 0 Å². The van der Waals surface area contributed by atoms with E-state index in [1.807, 2.05) is 42.5 Å². The smallest absolute Gasteiger partial charge is 0.164 e. The van der Waals surface area contributed by atoms with Gasteiger partial charge < -0.3 is 19.9 Å². The molecule has 2 aromatic carbocycles. The van der Waals surface area contributed by atoms with Crippen molar-refractivity contribution in [3.63, 3.8) is 0 Å². The van der Waals surface area contributed by atoms with Gasteiger partial charge in [0.05, 0.1) is 14.2 Å². The third-order valence-corrected chi connectivity index (χ3v) is 4.77. The highest BCUT2D eigenvalue weighted by atomic mass is 35.5. The van der Waals surface area contributed by atoms with Crippen LogP contribution in [0.3, 0.4) is 0 Å². The first kappa shape index (κ1) is 19.4. The van der Waals surface area contributed by atoms with E-state index in [1.54, 1.807) is 14.2 Å². The molecule has 1 saturated carbocycles. The maximum Gasteiger partial charge on any atom is 0.164 e. The van der Waals surface area contributed by atoms with Crippen LogP contribution in [-0.4, -0.2) is 14.2 Å². The first-order valence-corrected chi connectivity index (χ1v) is 8.41. The van der Waals surface area contributed by atoms with Gasteiger partial charge in [-0.1, -0.05) is 36.8 Å². The average molecular weight is 364 g/mol. The van der Waals surface area contributed by atoms with Crippen LogP contribution in [-0.2, 0) is 6.61 Å². The monoisotopic (exact) mass is 363 g/mol. The Balaban J connectivity index is 0.00000225. The van der Waals surface area contributed by atoms with Crippen LogP contribution in [0, 0.1) is 5.92 Å². The Hall–Kier alpha value is -1.91. The maximum absolute atomic E-state index is 6.51. The predicted octanol–water partition coefficient (Wildman–Crippen LogP) is 4.50. The number of rotatable bonds is 7. The Morgan fingerprint density at radius 1 is 1.00 bits per heavy atom. The van der Waals surface area contributed by atoms with Gasteiger partial charge in [0.1, 0.15) is 12.4 Å². The second-order valence-corrected chi connectivity index (χ2v) is 6.24. The number of benzene rings is 2. The molecule has 5 heteroatoms. The molecule has 0 saturated heterocycles. The van der Waals surface area contributed by atoms with Gasteiger partial charge in [0.15, 0.2) is 11.5 Å². The van der Waals surface area contributed by atoms with Gasteiger partial charge in [0.2, 0.25) is 0 Å². The molecule has 3 rings (SSSR count). The van der Waals surface area contributed by atoms with Crippen molar-refractivity contribution < 1.29 is 14.2 Å². The molecule has 0 aliphatic heterocycles. The van der Waals surface area contributed by atoms with Crippen molar-refractivity contribution in [3.05, 3.63) is 53.6 Å². The number of hydrogen-bond acceptors (Lipinski definition) is 4. The highest BCUT2D eigenvalue weighted by molar-refractivity contribution is 5.85. The Morgan fingerprint density at radius 3 is 2.20 bits per heavy atom. The fourth-order valence-corrected chi connectivity index (χ4v) is 3.05. The minimum absolute atomic E-state index is 0. The van der Waals surface area contributed by atoms with Crippen LogP contribution in [0.4, 0.5) is 0 Å². The second-order valence-electron chi connectivity index (χ2n) is 6.24. The molecule has 2 aromatic rings. The summed E-state index contributed by atoms with van der Waals surface area (Å²) >= 11 is 0. The lowest BCUT2D eigenvalue weighted by Crippen LogP contribution is -2.27. The second kappa shape index (κ2) is 8.97. The molecule has 0 heterocycles. The number of hydrogen-bond donors (Lipinski definition) is 1. The number of nitrogens with two attached hydrogens (primary N) is 1. The van der Waals surface area contributed by atoms with Crippen LogP contribution in [0.15, 0.2) is 42.5 Å². The van der Waals surface area contributed by atoms with Crippen LogP contribution >= 0.6 is 12.4 Å². The van der Waals surface area contributed by atoms with Gasteiger partial charge in [0, 0.05) is 17.7 Å². The summed E-state index contributed by atoms with van der Waals surface area (Å²) in [5, 5.41) is 0. The van der Waals surface area contributed by atoms with E-state index in [0.717, 1.165) is 16.9 Å². The summed E-state index contributed by atoms with van der Waals surface area (Å²) in [5.74, 6) is 2.64. The molecular formula is C20H26ClNO3. The Labute approximate surface area is 155 Å². The van der Waals surface area contributed by atoms with Crippen LogP contribution in [0.1, 0.15) is 36.4 Å². The largest absolute Gasteiger partial charge is 0.493 e. The molecule has 4 nitrogen and oxygen atoms in total. The van der Waals surface area contributed by atoms with Crippen molar-refractivity contribution in [2.45, 2.75) is 31.9 Å². The van der Waals surface area contributed by atoms with E-state index in [9.17, 15) is 0 Å². The number of methoxy groups -OCH3 is 2. The fourth-order valence-electron chi connectivity index (χ4n) is 3.05. The standard InChI is InChI=1S/C20H25NO3.ClH/c1-22-18-11-16(20(21)15-9-6-10-15)17(12-19(18)23-2)24-13-14-7-4-3-5-8-14;/h3-5,7-8,11-12,15,20H,6,9-10,13,21H2,1-2H3;1H/t20-;/m1./s1. The summed E-state index contributed by atoms with van der Waals surface area (Å²) in [5.41, 5.74) is 8.62. The molecule has 0 unspecified atom stereocenters. The summed E-state index contributed by atoms with van der Waals surface area (Å²) in [6.45, 7) is 0.501. The molecule has 1 fully saturated rings. The summed E-state index contributed by atoms with van der Waals surface area (Å²) in [6, 6.07) is 13.9. The zero-order chi connectivity index (χ0) is 16.9. The molecule has 0 radical (unpaired) electrons. The van der Waals surface area contributed by atoms with Gasteiger partial charge in [0.25, 0.3) is 0 Å². The van der Waals surface area contributed by atoms with Crippen molar-refractivity contribution in [3.8, 4) is 17.2 Å². The molecule has 0 bridgehead atoms. The Kier molecular flexibility index (Phi) is 6.97. The van der Waals surface area contributed by atoms with Crippen LogP contribution in [0.2, 0.25) is 0 Å². The van der Waals surface area contributed by atoms with Crippen LogP contribution in [0.25, 0.3) is 0 Å². The molecule has 136 valence electrons. The van der Waals surface area contributed by atoms with Gasteiger partial charge in [-0.15, -0.1) is 12.4 Å². The van der Waals surface area contributed by atoms with Gasteiger partial charge >= 0.3 is 0 Å². The Bertz CT molecular complexity index is 674. The third kappa shape index (κ3) is 4.39. The van der Waals surface area contributed by atoms with Crippen molar-refractivity contribution in [2.24, 2.45) is 11.7 Å². The highest BCUT2D eigenvalue weighted by Crippen LogP contribution is 2.43. The molecule has 25 heavy (non-hydrogen) atoms. The number of halogens is 1. The first-order valence-electron chi connectivity index (χ1n) is 8.41. The molecule has 1 aliphatic rings. The normalized spacial score (nSPS) is 14.8. The molecular weight excluding hydrogens is 338 g/mol. The maximum atomic E-state index is 6.51. The molecule has 1 atom stereocenters. The number of ether oxygens (including phenoxy) is 3. The summed E-state index contributed by atoms with van der Waals surface area (Å²) < 4.78 is 16.9. The van der Waals surface area contributed by atoms with Crippen molar-refractivity contribution >= 4 is 12.4 Å². The van der Waals surface area contributed by atoms with Crippen LogP contribution in [0.5, 0.6) is 17.2 Å². The summed E-state index contributed by atoms with van der Waals surface area (Å²) in [4.78, 5) is 0. The van der Waals surface area contributed by atoms with E-state index in [4.69, 9.17) is 19.9 Å². The zero-order valence-corrected chi connectivity index (χ0v) is 15.6. The lowest BCUT2D eigenvalue weighted by atomic mass is 9.77. The SMILES string of the molecule is COc1cc(OCc2ccccc2)c([C@H](N)C2CCC2)cc1OC.Cl. The van der Waals surface area contributed by atoms with Crippen molar-refractivity contribution in [2.75, 3.05) is 14.2 Å². The van der Waals surface area contributed by atoms with Crippen LogP contribution < -0.4 is 19.9 Å². The van der Waals surface area contributed by atoms with Gasteiger partial charge in [-0.05, 0) is 30.4 Å². The third-order valence-electron chi connectivity index (χ3n) is 4.77. The molecule has 0 spiro atoms. The predicted molar refractivity (Wildman–Crippen MR) is 102 cm³/mol. The molecule has 0 aromatic heterocycles. The van der Waals surface area contributed by atoms with Gasteiger partial charge in [-0.2, -0.15) is 0 Å². The summed E-state index contributed by atoms with van der Waals surface area (Å²) in [7, 11) is 3.27. The highest BCUT2D eigenvalue weighted by Gasteiger charge is 2.29. The zero-order valence-electron chi connectivity index (χ0n) is 14.7. The fraction of sp³-hybridized carbons (Fsp3) is 0.400. The van der Waals surface area contributed by atoms with Crippen molar-refractivity contribution in [1.29, 1.82) is 0 Å². The van der Waals surface area contributed by atoms with Gasteiger partial charge in [-0.25, -0.2) is 0 Å². The van der Waals surface area contributed by atoms with E-state index < -0.39 is 0 Å². The molecule has 2 N–H and O–H groups in total. The molecule has 0 amide bonds. The van der Waals surface area contributed by atoms with Gasteiger partial charge in [-0.3, -0.25) is 0 Å². The van der Waals surface area contributed by atoms with E-state index in [0.29, 0.717) is 24.0 Å². The van der Waals surface area contributed by atoms with E-state index in [2.05, 4.69) is 0 Å². The topological polar surface area (TPSA) is 53.7 Å².